The Kier molecular flexibility index (Phi) is 2.46. The first-order valence-electron chi connectivity index (χ1n) is 4.74. The molecule has 0 atom stereocenters. The maximum Gasteiger partial charge on any atom is 0.253 e. The number of aryl methyl sites for hydroxylation is 1. The summed E-state index contributed by atoms with van der Waals surface area (Å²) >= 11 is 5.97. The van der Waals surface area contributed by atoms with Gasteiger partial charge in [-0.3, -0.25) is 4.79 Å². The van der Waals surface area contributed by atoms with E-state index in [0.717, 1.165) is 18.4 Å². The van der Waals surface area contributed by atoms with Crippen LogP contribution in [-0.2, 0) is 0 Å². The number of halogens is 1. The van der Waals surface area contributed by atoms with Crippen LogP contribution < -0.4 is 5.32 Å². The molecule has 1 aliphatic carbocycles. The van der Waals surface area contributed by atoms with Crippen molar-refractivity contribution in [2.45, 2.75) is 25.8 Å². The maximum absolute atomic E-state index is 11.6. The molecule has 1 aliphatic rings. The Bertz CT molecular complexity index is 372. The Hall–Kier alpha value is -1.02. The molecule has 2 rings (SSSR count). The third-order valence-corrected chi connectivity index (χ3v) is 2.59. The van der Waals surface area contributed by atoms with Crippen LogP contribution in [0.15, 0.2) is 18.2 Å². The Morgan fingerprint density at radius 3 is 2.79 bits per heavy atom. The first-order valence-corrected chi connectivity index (χ1v) is 5.11. The standard InChI is InChI=1S/C11H12ClNO/c1-7-2-5-9(10(12)6-7)11(14)13-8-3-4-8/h2,5-6,8H,3-4H2,1H3,(H,13,14). The van der Waals surface area contributed by atoms with E-state index in [1.54, 1.807) is 6.07 Å². The number of rotatable bonds is 2. The number of carbonyl (C=O) groups is 1. The summed E-state index contributed by atoms with van der Waals surface area (Å²) in [6, 6.07) is 5.85. The molecular formula is C11H12ClNO. The van der Waals surface area contributed by atoms with Crippen LogP contribution in [0.25, 0.3) is 0 Å². The highest BCUT2D eigenvalue weighted by atomic mass is 35.5. The van der Waals surface area contributed by atoms with Crippen LogP contribution in [0.1, 0.15) is 28.8 Å². The molecule has 14 heavy (non-hydrogen) atoms. The van der Waals surface area contributed by atoms with E-state index in [1.807, 2.05) is 19.1 Å². The van der Waals surface area contributed by atoms with E-state index in [2.05, 4.69) is 5.32 Å². The smallest absolute Gasteiger partial charge is 0.253 e. The van der Waals surface area contributed by atoms with E-state index >= 15 is 0 Å². The van der Waals surface area contributed by atoms with Gasteiger partial charge in [0.15, 0.2) is 0 Å². The lowest BCUT2D eigenvalue weighted by atomic mass is 10.1. The van der Waals surface area contributed by atoms with Crippen molar-refractivity contribution in [1.82, 2.24) is 5.32 Å². The third kappa shape index (κ3) is 2.07. The summed E-state index contributed by atoms with van der Waals surface area (Å²) < 4.78 is 0. The summed E-state index contributed by atoms with van der Waals surface area (Å²) in [5.41, 5.74) is 1.64. The van der Waals surface area contributed by atoms with Crippen molar-refractivity contribution in [2.24, 2.45) is 0 Å². The summed E-state index contributed by atoms with van der Waals surface area (Å²) in [5, 5.41) is 3.44. The molecule has 1 amide bonds. The van der Waals surface area contributed by atoms with Gasteiger partial charge in [-0.1, -0.05) is 17.7 Å². The van der Waals surface area contributed by atoms with Crippen molar-refractivity contribution in [3.05, 3.63) is 34.3 Å². The van der Waals surface area contributed by atoms with Crippen LogP contribution in [0.4, 0.5) is 0 Å². The quantitative estimate of drug-likeness (QED) is 0.797. The Labute approximate surface area is 88.3 Å². The molecule has 0 aliphatic heterocycles. The second-order valence-corrected chi connectivity index (χ2v) is 4.14. The summed E-state index contributed by atoms with van der Waals surface area (Å²) in [7, 11) is 0. The van der Waals surface area contributed by atoms with E-state index < -0.39 is 0 Å². The molecule has 1 N–H and O–H groups in total. The van der Waals surface area contributed by atoms with Gasteiger partial charge in [0.05, 0.1) is 10.6 Å². The number of nitrogens with one attached hydrogen (secondary N) is 1. The fourth-order valence-corrected chi connectivity index (χ4v) is 1.62. The van der Waals surface area contributed by atoms with Gasteiger partial charge in [0.1, 0.15) is 0 Å². The largest absolute Gasteiger partial charge is 0.349 e. The molecule has 0 heterocycles. The minimum Gasteiger partial charge on any atom is -0.349 e. The molecule has 74 valence electrons. The van der Waals surface area contributed by atoms with Crippen LogP contribution in [-0.4, -0.2) is 11.9 Å². The zero-order chi connectivity index (χ0) is 10.1. The lowest BCUT2D eigenvalue weighted by Gasteiger charge is -2.05. The van der Waals surface area contributed by atoms with Crippen LogP contribution in [0.3, 0.4) is 0 Å². The van der Waals surface area contributed by atoms with Crippen molar-refractivity contribution in [1.29, 1.82) is 0 Å². The maximum atomic E-state index is 11.6. The Morgan fingerprint density at radius 1 is 1.50 bits per heavy atom. The van der Waals surface area contributed by atoms with Gasteiger partial charge < -0.3 is 5.32 Å². The lowest BCUT2D eigenvalue weighted by molar-refractivity contribution is 0.0951. The van der Waals surface area contributed by atoms with E-state index in [4.69, 9.17) is 11.6 Å². The number of hydrogen-bond acceptors (Lipinski definition) is 1. The van der Waals surface area contributed by atoms with Gasteiger partial charge >= 0.3 is 0 Å². The van der Waals surface area contributed by atoms with Gasteiger partial charge in [0.25, 0.3) is 5.91 Å². The zero-order valence-corrected chi connectivity index (χ0v) is 8.77. The zero-order valence-electron chi connectivity index (χ0n) is 8.01. The SMILES string of the molecule is Cc1ccc(C(=O)NC2CC2)c(Cl)c1. The average Bonchev–Trinajstić information content (AvgIpc) is 2.87. The summed E-state index contributed by atoms with van der Waals surface area (Å²) in [6.07, 6.45) is 2.18. The van der Waals surface area contributed by atoms with Crippen molar-refractivity contribution in [3.63, 3.8) is 0 Å². The van der Waals surface area contributed by atoms with E-state index in [0.29, 0.717) is 16.6 Å². The van der Waals surface area contributed by atoms with Gasteiger partial charge in [0, 0.05) is 6.04 Å². The molecule has 1 aromatic carbocycles. The molecule has 3 heteroatoms. The number of hydrogen-bond donors (Lipinski definition) is 1. The molecule has 0 radical (unpaired) electrons. The molecular weight excluding hydrogens is 198 g/mol. The highest BCUT2D eigenvalue weighted by molar-refractivity contribution is 6.33. The van der Waals surface area contributed by atoms with Crippen LogP contribution >= 0.6 is 11.6 Å². The summed E-state index contributed by atoms with van der Waals surface area (Å²) in [4.78, 5) is 11.6. The van der Waals surface area contributed by atoms with Crippen molar-refractivity contribution < 1.29 is 4.79 Å². The highest BCUT2D eigenvalue weighted by Gasteiger charge is 2.24. The van der Waals surface area contributed by atoms with Crippen molar-refractivity contribution >= 4 is 17.5 Å². The van der Waals surface area contributed by atoms with Gasteiger partial charge in [-0.15, -0.1) is 0 Å². The summed E-state index contributed by atoms with van der Waals surface area (Å²) in [6.45, 7) is 1.95. The number of carbonyl (C=O) groups excluding carboxylic acids is 1. The van der Waals surface area contributed by atoms with E-state index in [1.165, 1.54) is 0 Å². The van der Waals surface area contributed by atoms with Crippen LogP contribution in [0.5, 0.6) is 0 Å². The minimum absolute atomic E-state index is 0.0579. The van der Waals surface area contributed by atoms with Gasteiger partial charge in [0.2, 0.25) is 0 Å². The van der Waals surface area contributed by atoms with Gasteiger partial charge in [-0.05, 0) is 37.5 Å². The molecule has 0 aromatic heterocycles. The molecule has 0 bridgehead atoms. The number of benzene rings is 1. The predicted molar refractivity (Wildman–Crippen MR) is 56.7 cm³/mol. The van der Waals surface area contributed by atoms with Gasteiger partial charge in [-0.2, -0.15) is 0 Å². The highest BCUT2D eigenvalue weighted by Crippen LogP contribution is 2.22. The van der Waals surface area contributed by atoms with Crippen molar-refractivity contribution in [3.8, 4) is 0 Å². The predicted octanol–water partition coefficient (Wildman–Crippen LogP) is 2.54. The topological polar surface area (TPSA) is 29.1 Å². The Balaban J connectivity index is 2.17. The van der Waals surface area contributed by atoms with E-state index in [9.17, 15) is 4.79 Å². The van der Waals surface area contributed by atoms with Gasteiger partial charge in [-0.25, -0.2) is 0 Å². The molecule has 0 spiro atoms. The van der Waals surface area contributed by atoms with Crippen molar-refractivity contribution in [2.75, 3.05) is 0 Å². The molecule has 1 aromatic rings. The van der Waals surface area contributed by atoms with Crippen LogP contribution in [0, 0.1) is 6.92 Å². The summed E-state index contributed by atoms with van der Waals surface area (Å²) in [5.74, 6) is -0.0579. The fourth-order valence-electron chi connectivity index (χ4n) is 1.30. The minimum atomic E-state index is -0.0579. The first kappa shape index (κ1) is 9.53. The lowest BCUT2D eigenvalue weighted by Crippen LogP contribution is -2.25. The first-order chi connectivity index (χ1) is 6.66. The third-order valence-electron chi connectivity index (χ3n) is 2.28. The second kappa shape index (κ2) is 3.62. The van der Waals surface area contributed by atoms with E-state index in [-0.39, 0.29) is 5.91 Å². The molecule has 1 saturated carbocycles. The number of amides is 1. The normalized spacial score (nSPS) is 15.3. The monoisotopic (exact) mass is 209 g/mol. The second-order valence-electron chi connectivity index (χ2n) is 3.73. The molecule has 0 saturated heterocycles. The van der Waals surface area contributed by atoms with Crippen LogP contribution in [0.2, 0.25) is 5.02 Å². The average molecular weight is 210 g/mol. The molecule has 2 nitrogen and oxygen atoms in total. The Morgan fingerprint density at radius 2 is 2.21 bits per heavy atom. The fraction of sp³-hybridized carbons (Fsp3) is 0.364. The molecule has 0 unspecified atom stereocenters. The molecule has 1 fully saturated rings.